The first-order valence-corrected chi connectivity index (χ1v) is 7.37. The smallest absolute Gasteiger partial charge is 0.161 e. The fraction of sp³-hybridized carbons (Fsp3) is 0.263. The van der Waals surface area contributed by atoms with Gasteiger partial charge < -0.3 is 14.2 Å². The molecule has 0 N–H and O–H groups in total. The average Bonchev–Trinajstić information content (AvgIpc) is 2.59. The van der Waals surface area contributed by atoms with Gasteiger partial charge in [0.1, 0.15) is 5.75 Å². The summed E-state index contributed by atoms with van der Waals surface area (Å²) >= 11 is 0. The molecule has 3 aromatic rings. The van der Waals surface area contributed by atoms with Gasteiger partial charge in [0.2, 0.25) is 0 Å². The van der Waals surface area contributed by atoms with Crippen LogP contribution in [-0.4, -0.2) is 21.3 Å². The van der Waals surface area contributed by atoms with Crippen LogP contribution in [0.1, 0.15) is 12.5 Å². The molecule has 0 bridgehead atoms. The van der Waals surface area contributed by atoms with Gasteiger partial charge in [-0.3, -0.25) is 0 Å². The van der Waals surface area contributed by atoms with Crippen molar-refractivity contribution in [3.63, 3.8) is 0 Å². The molecule has 0 aliphatic carbocycles. The molecule has 0 saturated heterocycles. The van der Waals surface area contributed by atoms with Gasteiger partial charge in [0.05, 0.1) is 21.3 Å². The van der Waals surface area contributed by atoms with Crippen LogP contribution in [0.4, 0.5) is 0 Å². The van der Waals surface area contributed by atoms with E-state index in [2.05, 4.69) is 37.3 Å². The predicted octanol–water partition coefficient (Wildman–Crippen LogP) is 4.58. The van der Waals surface area contributed by atoms with E-state index in [0.29, 0.717) is 0 Å². The van der Waals surface area contributed by atoms with Crippen molar-refractivity contribution in [1.29, 1.82) is 0 Å². The Bertz CT molecular complexity index is 837. The van der Waals surface area contributed by atoms with Gasteiger partial charge in [0.15, 0.2) is 11.5 Å². The van der Waals surface area contributed by atoms with Crippen molar-refractivity contribution in [3.8, 4) is 17.2 Å². The van der Waals surface area contributed by atoms with E-state index in [1.165, 1.54) is 16.3 Å². The summed E-state index contributed by atoms with van der Waals surface area (Å²) in [7, 11) is 5.02. The van der Waals surface area contributed by atoms with Crippen molar-refractivity contribution < 1.29 is 14.2 Å². The number of methoxy groups -OCH3 is 3. The molecule has 0 saturated carbocycles. The van der Waals surface area contributed by atoms with Crippen molar-refractivity contribution in [2.45, 2.75) is 13.3 Å². The standard InChI is InChI=1S/C19H20O3/c1-5-12-8-13-6-7-14(20-2)9-15(13)17-11-19(22-4)18(21-3)10-16(12)17/h6-11H,5H2,1-4H3. The number of hydrogen-bond donors (Lipinski definition) is 0. The molecule has 3 rings (SSSR count). The topological polar surface area (TPSA) is 27.7 Å². The van der Waals surface area contributed by atoms with Crippen molar-refractivity contribution in [3.05, 3.63) is 42.0 Å². The molecule has 0 heterocycles. The number of benzene rings is 3. The number of hydrogen-bond acceptors (Lipinski definition) is 3. The van der Waals surface area contributed by atoms with Crippen LogP contribution in [0.3, 0.4) is 0 Å². The second kappa shape index (κ2) is 5.76. The van der Waals surface area contributed by atoms with Crippen molar-refractivity contribution in [2.75, 3.05) is 21.3 Å². The summed E-state index contributed by atoms with van der Waals surface area (Å²) < 4.78 is 16.3. The first kappa shape index (κ1) is 14.5. The third-order valence-electron chi connectivity index (χ3n) is 4.13. The lowest BCUT2D eigenvalue weighted by Gasteiger charge is -2.14. The molecule has 0 spiro atoms. The molecule has 0 unspecified atom stereocenters. The molecule has 0 atom stereocenters. The van der Waals surface area contributed by atoms with Gasteiger partial charge >= 0.3 is 0 Å². The highest BCUT2D eigenvalue weighted by Crippen LogP contribution is 2.38. The third kappa shape index (κ3) is 2.23. The maximum absolute atomic E-state index is 5.47. The quantitative estimate of drug-likeness (QED) is 0.659. The summed E-state index contributed by atoms with van der Waals surface area (Å²) in [5.41, 5.74) is 1.30. The zero-order valence-electron chi connectivity index (χ0n) is 13.4. The monoisotopic (exact) mass is 296 g/mol. The highest BCUT2D eigenvalue weighted by atomic mass is 16.5. The Morgan fingerprint density at radius 3 is 2.00 bits per heavy atom. The van der Waals surface area contributed by atoms with Gasteiger partial charge in [-0.1, -0.05) is 19.1 Å². The summed E-state index contributed by atoms with van der Waals surface area (Å²) in [4.78, 5) is 0. The van der Waals surface area contributed by atoms with Gasteiger partial charge in [0, 0.05) is 0 Å². The van der Waals surface area contributed by atoms with Gasteiger partial charge in [-0.25, -0.2) is 0 Å². The van der Waals surface area contributed by atoms with Gasteiger partial charge in [-0.05, 0) is 57.8 Å². The fourth-order valence-corrected chi connectivity index (χ4v) is 2.95. The Labute approximate surface area is 130 Å². The first-order valence-electron chi connectivity index (χ1n) is 7.37. The van der Waals surface area contributed by atoms with Crippen LogP contribution in [0, 0.1) is 0 Å². The number of fused-ring (bicyclic) bond motifs is 3. The lowest BCUT2D eigenvalue weighted by molar-refractivity contribution is 0.356. The molecule has 0 fully saturated rings. The van der Waals surface area contributed by atoms with Crippen molar-refractivity contribution in [2.24, 2.45) is 0 Å². The zero-order valence-corrected chi connectivity index (χ0v) is 13.4. The Balaban J connectivity index is 2.46. The van der Waals surface area contributed by atoms with E-state index in [1.54, 1.807) is 21.3 Å². The Morgan fingerprint density at radius 2 is 1.41 bits per heavy atom. The number of ether oxygens (including phenoxy) is 3. The average molecular weight is 296 g/mol. The first-order chi connectivity index (χ1) is 10.7. The van der Waals surface area contributed by atoms with E-state index in [9.17, 15) is 0 Å². The van der Waals surface area contributed by atoms with Crippen LogP contribution >= 0.6 is 0 Å². The summed E-state index contributed by atoms with van der Waals surface area (Å²) in [5.74, 6) is 2.35. The summed E-state index contributed by atoms with van der Waals surface area (Å²) in [6, 6.07) is 12.5. The maximum Gasteiger partial charge on any atom is 0.161 e. The van der Waals surface area contributed by atoms with Crippen LogP contribution in [0.2, 0.25) is 0 Å². The molecule has 22 heavy (non-hydrogen) atoms. The van der Waals surface area contributed by atoms with Crippen LogP contribution in [-0.2, 0) is 6.42 Å². The normalized spacial score (nSPS) is 10.9. The van der Waals surface area contributed by atoms with Crippen molar-refractivity contribution in [1.82, 2.24) is 0 Å². The van der Waals surface area contributed by atoms with Crippen LogP contribution in [0.5, 0.6) is 17.2 Å². The highest BCUT2D eigenvalue weighted by Gasteiger charge is 2.12. The van der Waals surface area contributed by atoms with Gasteiger partial charge in [-0.15, -0.1) is 0 Å². The molecular formula is C19H20O3. The molecule has 3 nitrogen and oxygen atoms in total. The molecule has 0 radical (unpaired) electrons. The van der Waals surface area contributed by atoms with Crippen LogP contribution in [0.15, 0.2) is 36.4 Å². The Morgan fingerprint density at radius 1 is 0.727 bits per heavy atom. The minimum atomic E-state index is 0.743. The van der Waals surface area contributed by atoms with Crippen molar-refractivity contribution >= 4 is 21.5 Å². The number of rotatable bonds is 4. The minimum absolute atomic E-state index is 0.743. The molecule has 114 valence electrons. The second-order valence-corrected chi connectivity index (χ2v) is 5.23. The lowest BCUT2D eigenvalue weighted by Crippen LogP contribution is -1.93. The van der Waals surface area contributed by atoms with E-state index < -0.39 is 0 Å². The van der Waals surface area contributed by atoms with E-state index in [0.717, 1.165) is 34.4 Å². The highest BCUT2D eigenvalue weighted by molar-refractivity contribution is 6.10. The summed E-state index contributed by atoms with van der Waals surface area (Å²) in [6.45, 7) is 2.17. The summed E-state index contributed by atoms with van der Waals surface area (Å²) in [5, 5.41) is 4.72. The predicted molar refractivity (Wildman–Crippen MR) is 90.5 cm³/mol. The maximum atomic E-state index is 5.47. The number of aryl methyl sites for hydroxylation is 1. The minimum Gasteiger partial charge on any atom is -0.497 e. The SMILES string of the molecule is CCc1cc2ccc(OC)cc2c2cc(OC)c(OC)cc12. The molecule has 0 aromatic heterocycles. The molecule has 0 aliphatic rings. The molecule has 3 heteroatoms. The van der Waals surface area contributed by atoms with Crippen LogP contribution in [0.25, 0.3) is 21.5 Å². The van der Waals surface area contributed by atoms with E-state index in [1.807, 2.05) is 6.07 Å². The summed E-state index contributed by atoms with van der Waals surface area (Å²) in [6.07, 6.45) is 0.966. The molecule has 0 amide bonds. The van der Waals surface area contributed by atoms with E-state index >= 15 is 0 Å². The molecular weight excluding hydrogens is 276 g/mol. The van der Waals surface area contributed by atoms with Gasteiger partial charge in [0.25, 0.3) is 0 Å². The second-order valence-electron chi connectivity index (χ2n) is 5.23. The Hall–Kier alpha value is -2.42. The molecule has 0 aliphatic heterocycles. The molecule has 3 aromatic carbocycles. The van der Waals surface area contributed by atoms with Gasteiger partial charge in [-0.2, -0.15) is 0 Å². The van der Waals surface area contributed by atoms with E-state index in [4.69, 9.17) is 14.2 Å². The van der Waals surface area contributed by atoms with Crippen LogP contribution < -0.4 is 14.2 Å². The van der Waals surface area contributed by atoms with E-state index in [-0.39, 0.29) is 0 Å². The zero-order chi connectivity index (χ0) is 15.7. The third-order valence-corrected chi connectivity index (χ3v) is 4.13. The fourth-order valence-electron chi connectivity index (χ4n) is 2.95. The lowest BCUT2D eigenvalue weighted by atomic mass is 9.95. The Kier molecular flexibility index (Phi) is 3.80. The largest absolute Gasteiger partial charge is 0.497 e.